The van der Waals surface area contributed by atoms with Crippen molar-refractivity contribution in [3.63, 3.8) is 0 Å². The minimum atomic E-state index is -0.0684. The molecule has 0 saturated carbocycles. The summed E-state index contributed by atoms with van der Waals surface area (Å²) in [5, 5.41) is 3.77. The van der Waals surface area contributed by atoms with Crippen molar-refractivity contribution >= 4 is 17.8 Å². The van der Waals surface area contributed by atoms with Crippen molar-refractivity contribution in [2.45, 2.75) is 38.9 Å². The molecule has 0 bridgehead atoms. The standard InChI is InChI=1S/C12H20N2OS/c1-6-7-14-9(2)8-10(13-11(14)15)16-12(3,4)5/h8H,2,6-7H2,1,3-5H3,(H,13,15). The van der Waals surface area contributed by atoms with E-state index in [0.717, 1.165) is 17.1 Å². The average molecular weight is 240 g/mol. The van der Waals surface area contributed by atoms with Crippen LogP contribution in [0.1, 0.15) is 34.1 Å². The summed E-state index contributed by atoms with van der Waals surface area (Å²) in [5.41, 5.74) is 0.775. The van der Waals surface area contributed by atoms with Gasteiger partial charge in [0.15, 0.2) is 0 Å². The van der Waals surface area contributed by atoms with Crippen LogP contribution in [0, 0.1) is 0 Å². The van der Waals surface area contributed by atoms with Crippen LogP contribution < -0.4 is 5.32 Å². The number of amides is 2. The van der Waals surface area contributed by atoms with Gasteiger partial charge in [0.05, 0.1) is 5.03 Å². The predicted molar refractivity (Wildman–Crippen MR) is 70.1 cm³/mol. The molecule has 0 aromatic heterocycles. The number of rotatable bonds is 3. The Hall–Kier alpha value is -0.900. The van der Waals surface area contributed by atoms with E-state index in [1.54, 1.807) is 16.7 Å². The first-order valence-corrected chi connectivity index (χ1v) is 6.33. The first kappa shape index (κ1) is 13.2. The first-order chi connectivity index (χ1) is 7.33. The number of urea groups is 1. The fourth-order valence-corrected chi connectivity index (χ4v) is 2.42. The van der Waals surface area contributed by atoms with Gasteiger partial charge in [0.2, 0.25) is 0 Å². The van der Waals surface area contributed by atoms with Gasteiger partial charge in [-0.15, -0.1) is 11.8 Å². The Kier molecular flexibility index (Phi) is 4.08. The topological polar surface area (TPSA) is 32.3 Å². The minimum absolute atomic E-state index is 0.0684. The number of nitrogens with one attached hydrogen (secondary N) is 1. The summed E-state index contributed by atoms with van der Waals surface area (Å²) < 4.78 is 0.0896. The number of carbonyl (C=O) groups excluding carboxylic acids is 1. The lowest BCUT2D eigenvalue weighted by Gasteiger charge is -2.30. The average Bonchev–Trinajstić information content (AvgIpc) is 2.08. The molecule has 0 saturated heterocycles. The van der Waals surface area contributed by atoms with E-state index in [0.29, 0.717) is 6.54 Å². The Labute approximate surface area is 102 Å². The summed E-state index contributed by atoms with van der Waals surface area (Å²) >= 11 is 1.65. The van der Waals surface area contributed by atoms with Crippen LogP contribution >= 0.6 is 11.8 Å². The van der Waals surface area contributed by atoms with Crippen LogP contribution in [0.5, 0.6) is 0 Å². The zero-order valence-electron chi connectivity index (χ0n) is 10.5. The van der Waals surface area contributed by atoms with Crippen molar-refractivity contribution in [1.29, 1.82) is 0 Å². The Balaban J connectivity index is 2.76. The third-order valence-electron chi connectivity index (χ3n) is 1.98. The molecular weight excluding hydrogens is 220 g/mol. The van der Waals surface area contributed by atoms with Crippen LogP contribution in [-0.2, 0) is 0 Å². The van der Waals surface area contributed by atoms with Gasteiger partial charge in [-0.2, -0.15) is 0 Å². The molecule has 3 nitrogen and oxygen atoms in total. The van der Waals surface area contributed by atoms with Crippen LogP contribution in [0.25, 0.3) is 0 Å². The fourth-order valence-electron chi connectivity index (χ4n) is 1.42. The van der Waals surface area contributed by atoms with Crippen molar-refractivity contribution in [3.05, 3.63) is 23.4 Å². The molecule has 0 atom stereocenters. The van der Waals surface area contributed by atoms with Crippen LogP contribution in [0.2, 0.25) is 0 Å². The monoisotopic (exact) mass is 240 g/mol. The number of hydrogen-bond acceptors (Lipinski definition) is 2. The van der Waals surface area contributed by atoms with Gasteiger partial charge in [-0.25, -0.2) is 4.79 Å². The second-order valence-corrected chi connectivity index (χ2v) is 6.66. The Morgan fingerprint density at radius 1 is 1.50 bits per heavy atom. The lowest BCUT2D eigenvalue weighted by molar-refractivity contribution is 0.214. The van der Waals surface area contributed by atoms with E-state index >= 15 is 0 Å². The zero-order valence-corrected chi connectivity index (χ0v) is 11.3. The van der Waals surface area contributed by atoms with Gasteiger partial charge in [0.25, 0.3) is 0 Å². The zero-order chi connectivity index (χ0) is 12.3. The second kappa shape index (κ2) is 4.95. The van der Waals surface area contributed by atoms with E-state index in [4.69, 9.17) is 0 Å². The van der Waals surface area contributed by atoms with Gasteiger partial charge < -0.3 is 5.32 Å². The van der Waals surface area contributed by atoms with E-state index in [-0.39, 0.29) is 10.8 Å². The predicted octanol–water partition coefficient (Wildman–Crippen LogP) is 3.31. The highest BCUT2D eigenvalue weighted by Crippen LogP contribution is 2.32. The molecular formula is C12H20N2OS. The van der Waals surface area contributed by atoms with Crippen molar-refractivity contribution < 1.29 is 4.79 Å². The number of nitrogens with zero attached hydrogens (tertiary/aromatic N) is 1. The van der Waals surface area contributed by atoms with Crippen molar-refractivity contribution in [1.82, 2.24) is 10.2 Å². The molecule has 0 aromatic rings. The van der Waals surface area contributed by atoms with E-state index in [9.17, 15) is 4.79 Å². The van der Waals surface area contributed by atoms with Gasteiger partial charge in [-0.3, -0.25) is 4.90 Å². The van der Waals surface area contributed by atoms with E-state index < -0.39 is 0 Å². The molecule has 0 radical (unpaired) electrons. The van der Waals surface area contributed by atoms with Gasteiger partial charge in [-0.1, -0.05) is 34.3 Å². The summed E-state index contributed by atoms with van der Waals surface area (Å²) in [5.74, 6) is 0. The maximum Gasteiger partial charge on any atom is 0.326 e. The smallest absolute Gasteiger partial charge is 0.302 e. The fraction of sp³-hybridized carbons (Fsp3) is 0.583. The highest BCUT2D eigenvalue weighted by atomic mass is 32.2. The van der Waals surface area contributed by atoms with Crippen LogP contribution in [-0.4, -0.2) is 22.2 Å². The molecule has 90 valence electrons. The quantitative estimate of drug-likeness (QED) is 0.821. The maximum atomic E-state index is 11.8. The molecule has 0 fully saturated rings. The summed E-state index contributed by atoms with van der Waals surface area (Å²) in [6.07, 6.45) is 2.87. The third-order valence-corrected chi connectivity index (χ3v) is 3.04. The second-order valence-electron chi connectivity index (χ2n) is 4.80. The molecule has 16 heavy (non-hydrogen) atoms. The molecule has 0 aromatic carbocycles. The molecule has 4 heteroatoms. The SMILES string of the molecule is C=C1C=C(SC(C)(C)C)NC(=O)N1CCC. The summed E-state index contributed by atoms with van der Waals surface area (Å²) in [6, 6.07) is -0.0684. The van der Waals surface area contributed by atoms with Gasteiger partial charge >= 0.3 is 6.03 Å². The molecule has 0 unspecified atom stereocenters. The van der Waals surface area contributed by atoms with E-state index in [1.165, 1.54) is 0 Å². The summed E-state index contributed by atoms with van der Waals surface area (Å²) in [4.78, 5) is 13.5. The van der Waals surface area contributed by atoms with Crippen LogP contribution in [0.4, 0.5) is 4.79 Å². The number of hydrogen-bond donors (Lipinski definition) is 1. The largest absolute Gasteiger partial charge is 0.326 e. The van der Waals surface area contributed by atoms with Gasteiger partial charge in [0, 0.05) is 17.0 Å². The van der Waals surface area contributed by atoms with Crippen molar-refractivity contribution in [2.24, 2.45) is 0 Å². The highest BCUT2D eigenvalue weighted by molar-refractivity contribution is 8.04. The summed E-state index contributed by atoms with van der Waals surface area (Å²) in [7, 11) is 0. The van der Waals surface area contributed by atoms with Gasteiger partial charge in [0.1, 0.15) is 0 Å². The van der Waals surface area contributed by atoms with Crippen LogP contribution in [0.3, 0.4) is 0 Å². The molecule has 0 aliphatic carbocycles. The van der Waals surface area contributed by atoms with Gasteiger partial charge in [-0.05, 0) is 12.5 Å². The third kappa shape index (κ3) is 3.59. The molecule has 1 aliphatic heterocycles. The normalized spacial score (nSPS) is 17.2. The highest BCUT2D eigenvalue weighted by Gasteiger charge is 2.24. The first-order valence-electron chi connectivity index (χ1n) is 5.51. The number of carbonyl (C=O) groups is 1. The van der Waals surface area contributed by atoms with Crippen molar-refractivity contribution in [3.8, 4) is 0 Å². The van der Waals surface area contributed by atoms with E-state index in [2.05, 4.69) is 32.7 Å². The lowest BCUT2D eigenvalue weighted by Crippen LogP contribution is -2.42. The number of allylic oxidation sites excluding steroid dienone is 1. The van der Waals surface area contributed by atoms with E-state index in [1.807, 2.05) is 13.0 Å². The minimum Gasteiger partial charge on any atom is -0.302 e. The molecule has 1 aliphatic rings. The molecule has 1 N–H and O–H groups in total. The molecule has 1 heterocycles. The Bertz CT molecular complexity index is 328. The lowest BCUT2D eigenvalue weighted by atomic mass is 10.3. The summed E-state index contributed by atoms with van der Waals surface area (Å²) in [6.45, 7) is 13.0. The van der Waals surface area contributed by atoms with Crippen LogP contribution in [0.15, 0.2) is 23.4 Å². The molecule has 1 rings (SSSR count). The maximum absolute atomic E-state index is 11.8. The Morgan fingerprint density at radius 3 is 2.56 bits per heavy atom. The van der Waals surface area contributed by atoms with Crippen molar-refractivity contribution in [2.75, 3.05) is 6.54 Å². The molecule has 0 spiro atoms. The number of thioether (sulfide) groups is 1. The Morgan fingerprint density at radius 2 is 2.12 bits per heavy atom. The molecule has 2 amide bonds.